The van der Waals surface area contributed by atoms with Crippen LogP contribution >= 0.6 is 11.3 Å². The summed E-state index contributed by atoms with van der Waals surface area (Å²) in [7, 11) is 0. The number of amides is 1. The lowest BCUT2D eigenvalue weighted by Gasteiger charge is -2.24. The summed E-state index contributed by atoms with van der Waals surface area (Å²) < 4.78 is 6.72. The fraction of sp³-hybridized carbons (Fsp3) is 0.107. The van der Waals surface area contributed by atoms with Crippen molar-refractivity contribution < 1.29 is 19.1 Å². The number of benzene rings is 3. The van der Waals surface area contributed by atoms with Gasteiger partial charge in [-0.25, -0.2) is 4.98 Å². The number of rotatable bonds is 4. The van der Waals surface area contributed by atoms with E-state index in [0.29, 0.717) is 16.3 Å². The van der Waals surface area contributed by atoms with Gasteiger partial charge < -0.3 is 9.52 Å². The summed E-state index contributed by atoms with van der Waals surface area (Å²) in [5.74, 6) is -1.71. The minimum atomic E-state index is -0.842. The fourth-order valence-electron chi connectivity index (χ4n) is 4.45. The Morgan fingerprint density at radius 1 is 1.00 bits per heavy atom. The second-order valence-electron chi connectivity index (χ2n) is 8.70. The third-order valence-electron chi connectivity index (χ3n) is 6.23. The third-order valence-corrected chi connectivity index (χ3v) is 7.25. The molecular formula is C28H20N2O4S. The van der Waals surface area contributed by atoms with Crippen LogP contribution in [-0.2, 0) is 4.79 Å². The minimum absolute atomic E-state index is 0.0201. The van der Waals surface area contributed by atoms with Gasteiger partial charge in [-0.05, 0) is 49.2 Å². The molecule has 1 aliphatic rings. The van der Waals surface area contributed by atoms with Crippen LogP contribution in [0.25, 0.3) is 21.2 Å². The molecule has 0 bridgehead atoms. The van der Waals surface area contributed by atoms with Gasteiger partial charge >= 0.3 is 0 Å². The number of para-hydroxylation sites is 1. The molecule has 0 fully saturated rings. The Morgan fingerprint density at radius 3 is 2.51 bits per heavy atom. The number of carbonyl (C=O) groups is 2. The zero-order chi connectivity index (χ0) is 24.3. The molecule has 0 radical (unpaired) electrons. The summed E-state index contributed by atoms with van der Waals surface area (Å²) in [5.41, 5.74) is 4.11. The van der Waals surface area contributed by atoms with E-state index in [1.54, 1.807) is 12.1 Å². The maximum absolute atomic E-state index is 13.7. The second kappa shape index (κ2) is 7.92. The fourth-order valence-corrected chi connectivity index (χ4v) is 5.54. The maximum Gasteiger partial charge on any atom is 0.296 e. The van der Waals surface area contributed by atoms with Crippen LogP contribution in [0.4, 0.5) is 5.13 Å². The Morgan fingerprint density at radius 2 is 1.74 bits per heavy atom. The molecule has 0 saturated heterocycles. The minimum Gasteiger partial charge on any atom is -0.503 e. The number of thiazole rings is 1. The zero-order valence-corrected chi connectivity index (χ0v) is 19.8. The van der Waals surface area contributed by atoms with Crippen LogP contribution in [0.2, 0.25) is 0 Å². The van der Waals surface area contributed by atoms with Gasteiger partial charge in [-0.1, -0.05) is 65.4 Å². The lowest BCUT2D eigenvalue weighted by Crippen LogP contribution is -2.30. The number of aliphatic hydroxyl groups excluding tert-OH is 1. The number of aromatic nitrogens is 1. The number of nitrogens with zero attached hydrogens (tertiary/aromatic N) is 2. The molecule has 1 unspecified atom stereocenters. The van der Waals surface area contributed by atoms with E-state index in [0.717, 1.165) is 26.7 Å². The van der Waals surface area contributed by atoms with Crippen molar-refractivity contribution in [3.63, 3.8) is 0 Å². The molecule has 6 rings (SSSR count). The summed E-state index contributed by atoms with van der Waals surface area (Å²) in [4.78, 5) is 33.2. The number of ketones is 1. The van der Waals surface area contributed by atoms with Gasteiger partial charge in [-0.2, -0.15) is 0 Å². The van der Waals surface area contributed by atoms with Crippen LogP contribution in [0.5, 0.6) is 0 Å². The zero-order valence-electron chi connectivity index (χ0n) is 19.0. The van der Waals surface area contributed by atoms with Gasteiger partial charge in [0, 0.05) is 5.39 Å². The number of aliphatic hydroxyl groups is 1. The summed E-state index contributed by atoms with van der Waals surface area (Å²) in [5, 5.41) is 12.2. The molecular weight excluding hydrogens is 460 g/mol. The van der Waals surface area contributed by atoms with Crippen molar-refractivity contribution in [2.45, 2.75) is 19.9 Å². The standard InChI is InChI=1S/C28H20N2O4S/c1-15-7-10-17(11-8-15)24-23(25(31)21-14-18-5-3-4-6-20(18)34-21)26(32)27(33)30(24)28-29-19-12-9-16(2)13-22(19)35-28/h3-14,24,32H,1-2H3. The average molecular weight is 481 g/mol. The van der Waals surface area contributed by atoms with Crippen molar-refractivity contribution >= 4 is 49.3 Å². The predicted octanol–water partition coefficient (Wildman–Crippen LogP) is 6.44. The molecule has 6 nitrogen and oxygen atoms in total. The number of Topliss-reactive ketones (excluding diaryl/α,β-unsaturated/α-hetero) is 1. The van der Waals surface area contributed by atoms with E-state index in [-0.39, 0.29) is 11.3 Å². The Kier molecular flexibility index (Phi) is 4.82. The molecule has 1 amide bonds. The van der Waals surface area contributed by atoms with Crippen LogP contribution in [0.1, 0.15) is 33.3 Å². The first-order valence-corrected chi connectivity index (χ1v) is 12.0. The van der Waals surface area contributed by atoms with Crippen molar-refractivity contribution in [1.82, 2.24) is 4.98 Å². The van der Waals surface area contributed by atoms with Gasteiger partial charge in [0.1, 0.15) is 5.58 Å². The number of furan rings is 1. The van der Waals surface area contributed by atoms with Crippen molar-refractivity contribution in [2.75, 3.05) is 4.90 Å². The molecule has 7 heteroatoms. The Bertz CT molecular complexity index is 1640. The largest absolute Gasteiger partial charge is 0.503 e. The van der Waals surface area contributed by atoms with E-state index in [4.69, 9.17) is 4.42 Å². The quantitative estimate of drug-likeness (QED) is 0.299. The molecule has 2 aromatic heterocycles. The van der Waals surface area contributed by atoms with Gasteiger partial charge in [-0.3, -0.25) is 14.5 Å². The lowest BCUT2D eigenvalue weighted by atomic mass is 9.94. The summed E-state index contributed by atoms with van der Waals surface area (Å²) in [6.45, 7) is 3.96. The van der Waals surface area contributed by atoms with Crippen LogP contribution in [0, 0.1) is 13.8 Å². The molecule has 1 aliphatic heterocycles. The van der Waals surface area contributed by atoms with E-state index in [1.807, 2.05) is 74.5 Å². The molecule has 3 heterocycles. The van der Waals surface area contributed by atoms with Crippen molar-refractivity contribution in [1.29, 1.82) is 0 Å². The molecule has 5 aromatic rings. The highest BCUT2D eigenvalue weighted by atomic mass is 32.1. The van der Waals surface area contributed by atoms with Gasteiger partial charge in [0.15, 0.2) is 16.7 Å². The summed E-state index contributed by atoms with van der Waals surface area (Å²) in [6.07, 6.45) is 0. The lowest BCUT2D eigenvalue weighted by molar-refractivity contribution is -0.117. The predicted molar refractivity (Wildman–Crippen MR) is 136 cm³/mol. The SMILES string of the molecule is Cc1ccc(C2C(C(=O)c3cc4ccccc4o3)=C(O)C(=O)N2c2nc3ccc(C)cc3s2)cc1. The number of carbonyl (C=O) groups excluding carboxylic acids is 2. The molecule has 0 saturated carbocycles. The van der Waals surface area contributed by atoms with Gasteiger partial charge in [0.05, 0.1) is 21.8 Å². The number of hydrogen-bond donors (Lipinski definition) is 1. The van der Waals surface area contributed by atoms with Crippen LogP contribution in [-0.4, -0.2) is 21.8 Å². The first kappa shape index (κ1) is 21.3. The average Bonchev–Trinajstić information content (AvgIpc) is 3.53. The summed E-state index contributed by atoms with van der Waals surface area (Å²) >= 11 is 1.35. The third kappa shape index (κ3) is 3.43. The molecule has 0 aliphatic carbocycles. The van der Waals surface area contributed by atoms with Crippen LogP contribution in [0.15, 0.2) is 88.5 Å². The first-order valence-electron chi connectivity index (χ1n) is 11.1. The van der Waals surface area contributed by atoms with E-state index < -0.39 is 23.5 Å². The molecule has 172 valence electrons. The van der Waals surface area contributed by atoms with Crippen LogP contribution in [0.3, 0.4) is 0 Å². The summed E-state index contributed by atoms with van der Waals surface area (Å²) in [6, 6.07) is 21.5. The Hall–Kier alpha value is -4.23. The topological polar surface area (TPSA) is 83.6 Å². The van der Waals surface area contributed by atoms with Crippen LogP contribution < -0.4 is 4.90 Å². The normalized spacial score (nSPS) is 16.1. The second-order valence-corrected chi connectivity index (χ2v) is 9.70. The van der Waals surface area contributed by atoms with Gasteiger partial charge in [0.25, 0.3) is 5.91 Å². The van der Waals surface area contributed by atoms with Crippen molar-refractivity contribution in [3.05, 3.63) is 107 Å². The van der Waals surface area contributed by atoms with E-state index >= 15 is 0 Å². The number of anilines is 1. The number of fused-ring (bicyclic) bond motifs is 2. The van der Waals surface area contributed by atoms with E-state index in [9.17, 15) is 14.7 Å². The molecule has 1 N–H and O–H groups in total. The Labute approximate surface area is 204 Å². The molecule has 0 spiro atoms. The molecule has 1 atom stereocenters. The monoisotopic (exact) mass is 480 g/mol. The van der Waals surface area contributed by atoms with E-state index in [1.165, 1.54) is 16.2 Å². The van der Waals surface area contributed by atoms with Gasteiger partial charge in [-0.15, -0.1) is 0 Å². The number of hydrogen-bond acceptors (Lipinski definition) is 6. The van der Waals surface area contributed by atoms with E-state index in [2.05, 4.69) is 4.98 Å². The molecule has 3 aromatic carbocycles. The maximum atomic E-state index is 13.7. The van der Waals surface area contributed by atoms with Crippen molar-refractivity contribution in [3.8, 4) is 0 Å². The highest BCUT2D eigenvalue weighted by Gasteiger charge is 2.46. The first-order chi connectivity index (χ1) is 16.9. The van der Waals surface area contributed by atoms with Crippen molar-refractivity contribution in [2.24, 2.45) is 0 Å². The Balaban J connectivity index is 1.51. The van der Waals surface area contributed by atoms with Gasteiger partial charge in [0.2, 0.25) is 5.78 Å². The smallest absolute Gasteiger partial charge is 0.296 e. The highest BCUT2D eigenvalue weighted by Crippen LogP contribution is 2.44. The molecule has 35 heavy (non-hydrogen) atoms. The number of aryl methyl sites for hydroxylation is 2. The highest BCUT2D eigenvalue weighted by molar-refractivity contribution is 7.22.